The van der Waals surface area contributed by atoms with E-state index in [0.717, 1.165) is 11.3 Å². The predicted molar refractivity (Wildman–Crippen MR) is 81.2 cm³/mol. The molecule has 21 heavy (non-hydrogen) atoms. The second-order valence-electron chi connectivity index (χ2n) is 5.28. The quantitative estimate of drug-likeness (QED) is 0.682. The molecule has 0 radical (unpaired) electrons. The highest BCUT2D eigenvalue weighted by Crippen LogP contribution is 2.40. The van der Waals surface area contributed by atoms with E-state index in [4.69, 9.17) is 0 Å². The first kappa shape index (κ1) is 12.1. The van der Waals surface area contributed by atoms with E-state index in [9.17, 15) is 4.79 Å². The zero-order valence-corrected chi connectivity index (χ0v) is 11.4. The number of hydrogen-bond donors (Lipinski definition) is 0. The van der Waals surface area contributed by atoms with Crippen molar-refractivity contribution < 1.29 is 4.79 Å². The van der Waals surface area contributed by atoms with Crippen molar-refractivity contribution >= 4 is 5.78 Å². The molecule has 0 spiro atoms. The van der Waals surface area contributed by atoms with Gasteiger partial charge in [-0.3, -0.25) is 4.79 Å². The monoisotopic (exact) mass is 274 g/mol. The Hall–Kier alpha value is -2.68. The molecule has 1 aliphatic heterocycles. The van der Waals surface area contributed by atoms with Crippen molar-refractivity contribution in [2.45, 2.75) is 12.5 Å². The van der Waals surface area contributed by atoms with Gasteiger partial charge in [0.1, 0.15) is 0 Å². The van der Waals surface area contributed by atoms with Crippen molar-refractivity contribution in [3.8, 4) is 11.3 Å². The van der Waals surface area contributed by atoms with E-state index < -0.39 is 0 Å². The van der Waals surface area contributed by atoms with E-state index >= 15 is 0 Å². The van der Waals surface area contributed by atoms with Crippen molar-refractivity contribution in [1.82, 2.24) is 9.55 Å². The number of aromatic nitrogens is 2. The van der Waals surface area contributed by atoms with Crippen molar-refractivity contribution in [2.75, 3.05) is 0 Å². The van der Waals surface area contributed by atoms with Crippen LogP contribution in [0.1, 0.15) is 28.4 Å². The summed E-state index contributed by atoms with van der Waals surface area (Å²) in [5.41, 5.74) is 4.25. The topological polar surface area (TPSA) is 34.9 Å². The van der Waals surface area contributed by atoms with Gasteiger partial charge in [-0.25, -0.2) is 4.98 Å². The number of hydrogen-bond acceptors (Lipinski definition) is 2. The number of fused-ring (bicyclic) bond motifs is 3. The van der Waals surface area contributed by atoms with Gasteiger partial charge in [-0.2, -0.15) is 0 Å². The number of carbonyl (C=O) groups excluding carboxylic acids is 1. The van der Waals surface area contributed by atoms with Gasteiger partial charge in [0, 0.05) is 17.5 Å². The second kappa shape index (κ2) is 4.70. The molecule has 0 bridgehead atoms. The number of nitrogens with zero attached hydrogens (tertiary/aromatic N) is 2. The minimum atomic E-state index is 0.0476. The maximum absolute atomic E-state index is 12.5. The summed E-state index contributed by atoms with van der Waals surface area (Å²) < 4.78 is 2.10. The van der Waals surface area contributed by atoms with Crippen LogP contribution >= 0.6 is 0 Å². The zero-order chi connectivity index (χ0) is 14.2. The van der Waals surface area contributed by atoms with Crippen LogP contribution in [0, 0.1) is 0 Å². The van der Waals surface area contributed by atoms with Crippen LogP contribution in [0.2, 0.25) is 0 Å². The van der Waals surface area contributed by atoms with Crippen molar-refractivity contribution in [2.24, 2.45) is 0 Å². The normalized spacial score (nSPS) is 15.5. The van der Waals surface area contributed by atoms with Crippen LogP contribution in [-0.4, -0.2) is 15.3 Å². The molecule has 0 aliphatic carbocycles. The molecular weight excluding hydrogens is 260 g/mol. The average molecular weight is 274 g/mol. The molecule has 0 saturated carbocycles. The highest BCUT2D eigenvalue weighted by molar-refractivity contribution is 5.96. The molecule has 3 heteroatoms. The summed E-state index contributed by atoms with van der Waals surface area (Å²) in [5, 5.41) is 0. The van der Waals surface area contributed by atoms with Crippen molar-refractivity contribution in [3.63, 3.8) is 0 Å². The molecule has 2 heterocycles. The first-order valence-corrected chi connectivity index (χ1v) is 7.04. The molecule has 3 aromatic rings. The first-order chi connectivity index (χ1) is 10.3. The Morgan fingerprint density at radius 2 is 1.81 bits per heavy atom. The average Bonchev–Trinajstić information content (AvgIpc) is 3.11. The largest absolute Gasteiger partial charge is 0.322 e. The van der Waals surface area contributed by atoms with E-state index in [-0.39, 0.29) is 11.8 Å². The minimum absolute atomic E-state index is 0.0476. The van der Waals surface area contributed by atoms with Crippen LogP contribution in [0.15, 0.2) is 67.1 Å². The molecule has 102 valence electrons. The molecular formula is C18H14N2O. The van der Waals surface area contributed by atoms with E-state index in [1.807, 2.05) is 55.0 Å². The minimum Gasteiger partial charge on any atom is -0.322 e. The van der Waals surface area contributed by atoms with Crippen molar-refractivity contribution in [1.29, 1.82) is 0 Å². The van der Waals surface area contributed by atoms with Gasteiger partial charge in [0.15, 0.2) is 5.78 Å². The Labute approximate surface area is 122 Å². The lowest BCUT2D eigenvalue weighted by atomic mass is 9.97. The molecule has 0 N–H and O–H groups in total. The molecule has 1 aliphatic rings. The summed E-state index contributed by atoms with van der Waals surface area (Å²) >= 11 is 0. The Morgan fingerprint density at radius 3 is 2.67 bits per heavy atom. The lowest BCUT2D eigenvalue weighted by Crippen LogP contribution is -2.11. The molecule has 1 atom stereocenters. The SMILES string of the molecule is O=C(C[C@@H]1c2ccccc2-c2cncn21)c1ccccc1. The number of imidazole rings is 1. The fourth-order valence-electron chi connectivity index (χ4n) is 3.06. The zero-order valence-electron chi connectivity index (χ0n) is 11.4. The Bertz CT molecular complexity index is 805. The predicted octanol–water partition coefficient (Wildman–Crippen LogP) is 3.73. The molecule has 0 amide bonds. The van der Waals surface area contributed by atoms with Crippen LogP contribution in [0.25, 0.3) is 11.3 Å². The third-order valence-electron chi connectivity index (χ3n) is 4.07. The number of Topliss-reactive ketones (excluding diaryl/α,β-unsaturated/α-hetero) is 1. The van der Waals surface area contributed by atoms with Crippen LogP contribution in [0.4, 0.5) is 0 Å². The molecule has 0 unspecified atom stereocenters. The lowest BCUT2D eigenvalue weighted by molar-refractivity contribution is 0.0970. The smallest absolute Gasteiger partial charge is 0.165 e. The second-order valence-corrected chi connectivity index (χ2v) is 5.28. The summed E-state index contributed by atoms with van der Waals surface area (Å²) in [5.74, 6) is 0.164. The fraction of sp³-hybridized carbons (Fsp3) is 0.111. The molecule has 0 fully saturated rings. The van der Waals surface area contributed by atoms with Crippen LogP contribution in [-0.2, 0) is 0 Å². The van der Waals surface area contributed by atoms with E-state index in [0.29, 0.717) is 6.42 Å². The molecule has 4 rings (SSSR count). The highest BCUT2D eigenvalue weighted by atomic mass is 16.1. The third kappa shape index (κ3) is 1.89. The van der Waals surface area contributed by atoms with Crippen molar-refractivity contribution in [3.05, 3.63) is 78.2 Å². The van der Waals surface area contributed by atoms with Gasteiger partial charge in [-0.15, -0.1) is 0 Å². The Kier molecular flexibility index (Phi) is 2.71. The van der Waals surface area contributed by atoms with Crippen LogP contribution in [0.5, 0.6) is 0 Å². The van der Waals surface area contributed by atoms with Crippen LogP contribution in [0.3, 0.4) is 0 Å². The summed E-state index contributed by atoms with van der Waals surface area (Å²) in [7, 11) is 0. The Balaban J connectivity index is 1.72. The summed E-state index contributed by atoms with van der Waals surface area (Å²) in [6.07, 6.45) is 4.15. The maximum atomic E-state index is 12.5. The number of carbonyl (C=O) groups is 1. The van der Waals surface area contributed by atoms with Gasteiger partial charge >= 0.3 is 0 Å². The van der Waals surface area contributed by atoms with Gasteiger partial charge in [-0.1, -0.05) is 54.6 Å². The van der Waals surface area contributed by atoms with Crippen LogP contribution < -0.4 is 0 Å². The summed E-state index contributed by atoms with van der Waals surface area (Å²) in [6, 6.07) is 17.8. The van der Waals surface area contributed by atoms with Gasteiger partial charge in [0.2, 0.25) is 0 Å². The molecule has 0 saturated heterocycles. The van der Waals surface area contributed by atoms with Gasteiger partial charge in [0.05, 0.1) is 24.3 Å². The van der Waals surface area contributed by atoms with Gasteiger partial charge < -0.3 is 4.57 Å². The van der Waals surface area contributed by atoms with E-state index in [2.05, 4.69) is 21.7 Å². The summed E-state index contributed by atoms with van der Waals surface area (Å²) in [4.78, 5) is 16.7. The fourth-order valence-corrected chi connectivity index (χ4v) is 3.06. The number of ketones is 1. The molecule has 1 aromatic heterocycles. The number of benzene rings is 2. The molecule has 2 aromatic carbocycles. The maximum Gasteiger partial charge on any atom is 0.165 e. The van der Waals surface area contributed by atoms with Gasteiger partial charge in [-0.05, 0) is 5.56 Å². The molecule has 3 nitrogen and oxygen atoms in total. The summed E-state index contributed by atoms with van der Waals surface area (Å²) in [6.45, 7) is 0. The standard InChI is InChI=1S/C18H14N2O/c21-18(13-6-2-1-3-7-13)10-16-14-8-4-5-9-15(14)17-11-19-12-20(16)17/h1-9,11-12,16H,10H2/t16-/m1/s1. The van der Waals surface area contributed by atoms with E-state index in [1.54, 1.807) is 0 Å². The Morgan fingerprint density at radius 1 is 1.05 bits per heavy atom. The third-order valence-corrected chi connectivity index (χ3v) is 4.07. The number of rotatable bonds is 3. The highest BCUT2D eigenvalue weighted by Gasteiger charge is 2.29. The van der Waals surface area contributed by atoms with E-state index in [1.165, 1.54) is 11.1 Å². The lowest BCUT2D eigenvalue weighted by Gasteiger charge is -2.13. The van der Waals surface area contributed by atoms with Gasteiger partial charge in [0.25, 0.3) is 0 Å². The first-order valence-electron chi connectivity index (χ1n) is 7.04.